The van der Waals surface area contributed by atoms with Crippen LogP contribution in [0.1, 0.15) is 0 Å². The van der Waals surface area contributed by atoms with Gasteiger partial charge in [-0.05, 0) is 30.3 Å². The molecule has 1 aliphatic heterocycles. The normalized spacial score (nSPS) is 12.3. The van der Waals surface area contributed by atoms with Gasteiger partial charge >= 0.3 is 0 Å². The fraction of sp³-hybridized carbons (Fsp3) is 0.250. The second-order valence-corrected chi connectivity index (χ2v) is 7.06. The number of thioether (sulfide) groups is 1. The highest BCUT2D eigenvalue weighted by Gasteiger charge is 2.17. The Labute approximate surface area is 176 Å². The van der Waals surface area contributed by atoms with Crippen LogP contribution in [0.2, 0.25) is 0 Å². The summed E-state index contributed by atoms with van der Waals surface area (Å²) in [6, 6.07) is 10.6. The lowest BCUT2D eigenvalue weighted by Gasteiger charge is -2.18. The third kappa shape index (κ3) is 4.43. The Morgan fingerprint density at radius 2 is 1.90 bits per heavy atom. The third-order valence-electron chi connectivity index (χ3n) is 4.20. The molecule has 0 aliphatic carbocycles. The molecule has 1 N–H and O–H groups in total. The molecule has 2 aromatic carbocycles. The number of benzene rings is 2. The number of hydrogen-bond donors (Lipinski definition) is 1. The molecule has 0 radical (unpaired) electrons. The van der Waals surface area contributed by atoms with Crippen LogP contribution in [-0.4, -0.2) is 49.3 Å². The van der Waals surface area contributed by atoms with Crippen LogP contribution in [-0.2, 0) is 4.79 Å². The maximum atomic E-state index is 12.3. The third-order valence-corrected chi connectivity index (χ3v) is 5.02. The zero-order valence-electron chi connectivity index (χ0n) is 16.3. The van der Waals surface area contributed by atoms with E-state index in [0.29, 0.717) is 53.4 Å². The summed E-state index contributed by atoms with van der Waals surface area (Å²) >= 11 is 1.14. The Balaban J connectivity index is 1.38. The Bertz CT molecular complexity index is 1050. The second kappa shape index (κ2) is 8.95. The standard InChI is InChI=1S/C20H19N3O6S/c1-25-13-4-6-15(26-2)14(10-13)21-18(24)11-30-20-23-22-19(29-20)12-3-5-16-17(9-12)28-8-7-27-16/h3-6,9-10H,7-8,11H2,1-2H3,(H,21,24). The number of fused-ring (bicyclic) bond motifs is 1. The summed E-state index contributed by atoms with van der Waals surface area (Å²) < 4.78 is 27.2. The lowest BCUT2D eigenvalue weighted by atomic mass is 10.2. The van der Waals surface area contributed by atoms with Crippen LogP contribution in [0.3, 0.4) is 0 Å². The lowest BCUT2D eigenvalue weighted by Crippen LogP contribution is -2.15. The van der Waals surface area contributed by atoms with Crippen molar-refractivity contribution in [1.29, 1.82) is 0 Å². The van der Waals surface area contributed by atoms with E-state index in [-0.39, 0.29) is 16.9 Å². The number of methoxy groups -OCH3 is 2. The first-order valence-corrected chi connectivity index (χ1v) is 10.0. The van der Waals surface area contributed by atoms with E-state index in [2.05, 4.69) is 15.5 Å². The molecule has 3 aromatic rings. The van der Waals surface area contributed by atoms with Gasteiger partial charge in [-0.1, -0.05) is 11.8 Å². The zero-order chi connectivity index (χ0) is 20.9. The van der Waals surface area contributed by atoms with Crippen molar-refractivity contribution < 1.29 is 28.2 Å². The van der Waals surface area contributed by atoms with Gasteiger partial charge in [-0.25, -0.2) is 0 Å². The predicted molar refractivity (Wildman–Crippen MR) is 110 cm³/mol. The minimum absolute atomic E-state index is 0.0864. The Hall–Kier alpha value is -3.40. The number of aromatic nitrogens is 2. The summed E-state index contributed by atoms with van der Waals surface area (Å²) in [5, 5.41) is 11.1. The molecule has 1 aliphatic rings. The van der Waals surface area contributed by atoms with Crippen molar-refractivity contribution in [3.8, 4) is 34.5 Å². The van der Waals surface area contributed by atoms with Crippen LogP contribution in [0.4, 0.5) is 5.69 Å². The van der Waals surface area contributed by atoms with Gasteiger partial charge in [-0.2, -0.15) is 0 Å². The molecule has 0 fully saturated rings. The van der Waals surface area contributed by atoms with E-state index >= 15 is 0 Å². The van der Waals surface area contributed by atoms with Gasteiger partial charge in [0.15, 0.2) is 11.5 Å². The predicted octanol–water partition coefficient (Wildman–Crippen LogP) is 3.26. The van der Waals surface area contributed by atoms with E-state index in [4.69, 9.17) is 23.4 Å². The minimum atomic E-state index is -0.245. The van der Waals surface area contributed by atoms with Gasteiger partial charge in [0.25, 0.3) is 5.22 Å². The average molecular weight is 429 g/mol. The van der Waals surface area contributed by atoms with Gasteiger partial charge in [-0.3, -0.25) is 4.79 Å². The molecule has 1 aromatic heterocycles. The zero-order valence-corrected chi connectivity index (χ0v) is 17.2. The van der Waals surface area contributed by atoms with Gasteiger partial charge in [0.2, 0.25) is 11.8 Å². The maximum absolute atomic E-state index is 12.3. The number of amides is 1. The molecule has 4 rings (SSSR count). The number of carbonyl (C=O) groups excluding carboxylic acids is 1. The summed E-state index contributed by atoms with van der Waals surface area (Å²) in [6.45, 7) is 1.02. The van der Waals surface area contributed by atoms with Crippen LogP contribution < -0.4 is 24.3 Å². The van der Waals surface area contributed by atoms with Crippen LogP contribution >= 0.6 is 11.8 Å². The fourth-order valence-corrected chi connectivity index (χ4v) is 3.35. The monoisotopic (exact) mass is 429 g/mol. The molecule has 2 heterocycles. The van der Waals surface area contributed by atoms with Crippen molar-refractivity contribution in [1.82, 2.24) is 10.2 Å². The molecule has 0 bridgehead atoms. The Morgan fingerprint density at radius 1 is 1.07 bits per heavy atom. The number of nitrogens with zero attached hydrogens (tertiary/aromatic N) is 2. The SMILES string of the molecule is COc1ccc(OC)c(NC(=O)CSc2nnc(-c3ccc4c(c3)OCCO4)o2)c1. The number of carbonyl (C=O) groups is 1. The first kappa shape index (κ1) is 19.9. The second-order valence-electron chi connectivity index (χ2n) is 6.13. The molecule has 156 valence electrons. The van der Waals surface area contributed by atoms with Gasteiger partial charge in [0.05, 0.1) is 25.7 Å². The van der Waals surface area contributed by atoms with Gasteiger partial charge < -0.3 is 28.7 Å². The van der Waals surface area contributed by atoms with Crippen molar-refractivity contribution in [3.05, 3.63) is 36.4 Å². The molecular formula is C20H19N3O6S. The quantitative estimate of drug-likeness (QED) is 0.567. The summed E-state index contributed by atoms with van der Waals surface area (Å²) in [6.07, 6.45) is 0. The highest BCUT2D eigenvalue weighted by atomic mass is 32.2. The van der Waals surface area contributed by atoms with Crippen molar-refractivity contribution in [3.63, 3.8) is 0 Å². The number of ether oxygens (including phenoxy) is 4. The van der Waals surface area contributed by atoms with Crippen molar-refractivity contribution >= 4 is 23.4 Å². The number of hydrogen-bond acceptors (Lipinski definition) is 9. The smallest absolute Gasteiger partial charge is 0.277 e. The molecule has 30 heavy (non-hydrogen) atoms. The Kier molecular flexibility index (Phi) is 5.94. The summed E-state index contributed by atoms with van der Waals surface area (Å²) in [5.41, 5.74) is 1.23. The van der Waals surface area contributed by atoms with Gasteiger partial charge in [0.1, 0.15) is 24.7 Å². The lowest BCUT2D eigenvalue weighted by molar-refractivity contribution is -0.113. The first-order chi connectivity index (χ1) is 14.7. The largest absolute Gasteiger partial charge is 0.497 e. The van der Waals surface area contributed by atoms with Crippen LogP contribution in [0.15, 0.2) is 46.0 Å². The first-order valence-electron chi connectivity index (χ1n) is 9.04. The van der Waals surface area contributed by atoms with Crippen LogP contribution in [0.25, 0.3) is 11.5 Å². The van der Waals surface area contributed by atoms with Crippen molar-refractivity contribution in [2.45, 2.75) is 5.22 Å². The van der Waals surface area contributed by atoms with Gasteiger partial charge in [-0.15, -0.1) is 10.2 Å². The van der Waals surface area contributed by atoms with Crippen LogP contribution in [0, 0.1) is 0 Å². The number of anilines is 1. The minimum Gasteiger partial charge on any atom is -0.497 e. The van der Waals surface area contributed by atoms with Crippen molar-refractivity contribution in [2.24, 2.45) is 0 Å². The van der Waals surface area contributed by atoms with E-state index < -0.39 is 0 Å². The topological polar surface area (TPSA) is 105 Å². The van der Waals surface area contributed by atoms with E-state index in [1.165, 1.54) is 7.11 Å². The summed E-state index contributed by atoms with van der Waals surface area (Å²) in [5.74, 6) is 2.65. The molecule has 0 saturated carbocycles. The molecular weight excluding hydrogens is 410 g/mol. The molecule has 0 unspecified atom stereocenters. The highest BCUT2D eigenvalue weighted by molar-refractivity contribution is 7.99. The number of nitrogens with one attached hydrogen (secondary N) is 1. The Morgan fingerprint density at radius 3 is 2.70 bits per heavy atom. The molecule has 1 amide bonds. The van der Waals surface area contributed by atoms with Crippen LogP contribution in [0.5, 0.6) is 23.0 Å². The van der Waals surface area contributed by atoms with E-state index in [9.17, 15) is 4.79 Å². The molecule has 9 nitrogen and oxygen atoms in total. The number of rotatable bonds is 7. The molecule has 0 atom stereocenters. The van der Waals surface area contributed by atoms with E-state index in [0.717, 1.165) is 11.8 Å². The summed E-state index contributed by atoms with van der Waals surface area (Å²) in [7, 11) is 3.09. The highest BCUT2D eigenvalue weighted by Crippen LogP contribution is 2.35. The van der Waals surface area contributed by atoms with E-state index in [1.807, 2.05) is 6.07 Å². The van der Waals surface area contributed by atoms with Gasteiger partial charge in [0, 0.05) is 11.6 Å². The molecule has 0 spiro atoms. The fourth-order valence-electron chi connectivity index (χ4n) is 2.79. The maximum Gasteiger partial charge on any atom is 0.277 e. The molecule has 10 heteroatoms. The van der Waals surface area contributed by atoms with E-state index in [1.54, 1.807) is 37.4 Å². The molecule has 0 saturated heterocycles. The summed E-state index contributed by atoms with van der Waals surface area (Å²) in [4.78, 5) is 12.3. The average Bonchev–Trinajstić information content (AvgIpc) is 3.26. The van der Waals surface area contributed by atoms with Crippen molar-refractivity contribution in [2.75, 3.05) is 38.5 Å².